The van der Waals surface area contributed by atoms with E-state index in [1.807, 2.05) is 24.3 Å². The van der Waals surface area contributed by atoms with E-state index in [2.05, 4.69) is 11.8 Å². The van der Waals surface area contributed by atoms with Gasteiger partial charge in [0.1, 0.15) is 6.61 Å². The zero-order valence-corrected chi connectivity index (χ0v) is 19.0. The molecule has 0 atom stereocenters. The van der Waals surface area contributed by atoms with Crippen LogP contribution in [0.2, 0.25) is 0 Å². The largest absolute Gasteiger partial charge is 0.493 e. The van der Waals surface area contributed by atoms with Gasteiger partial charge in [0.05, 0.1) is 24.6 Å². The molecule has 174 valence electrons. The average molecular weight is 453 g/mol. The average Bonchev–Trinajstić information content (AvgIpc) is 3.24. The highest BCUT2D eigenvalue weighted by Crippen LogP contribution is 2.34. The molecule has 0 bridgehead atoms. The lowest BCUT2D eigenvalue weighted by Gasteiger charge is -2.31. The summed E-state index contributed by atoms with van der Waals surface area (Å²) in [4.78, 5) is 14.1. The number of ether oxygens (including phenoxy) is 2. The molecular formula is C26H29FN2O4. The number of halogens is 1. The van der Waals surface area contributed by atoms with Crippen LogP contribution in [0.1, 0.15) is 47.7 Å². The van der Waals surface area contributed by atoms with Crippen molar-refractivity contribution in [3.8, 4) is 11.5 Å². The second kappa shape index (κ2) is 9.98. The van der Waals surface area contributed by atoms with Crippen molar-refractivity contribution in [3.05, 3.63) is 64.8 Å². The molecular weight excluding hydrogens is 423 g/mol. The minimum Gasteiger partial charge on any atom is -0.493 e. The fourth-order valence-corrected chi connectivity index (χ4v) is 4.26. The van der Waals surface area contributed by atoms with Crippen LogP contribution in [-0.4, -0.2) is 37.6 Å². The van der Waals surface area contributed by atoms with Crippen LogP contribution in [0.5, 0.6) is 11.5 Å². The third-order valence-corrected chi connectivity index (χ3v) is 6.01. The first kappa shape index (κ1) is 22.7. The predicted octanol–water partition coefficient (Wildman–Crippen LogP) is 5.15. The van der Waals surface area contributed by atoms with E-state index in [-0.39, 0.29) is 17.9 Å². The number of unbranched alkanes of at least 4 members (excludes halogenated alkanes) is 1. The van der Waals surface area contributed by atoms with Crippen molar-refractivity contribution in [2.75, 3.05) is 26.8 Å². The van der Waals surface area contributed by atoms with Crippen LogP contribution < -0.4 is 15.2 Å². The number of carbonyl (C=O) groups excluding carboxylic acids is 1. The lowest BCUT2D eigenvalue weighted by Crippen LogP contribution is -2.31. The Morgan fingerprint density at radius 3 is 2.79 bits per heavy atom. The van der Waals surface area contributed by atoms with Crippen molar-refractivity contribution in [1.82, 2.24) is 4.90 Å². The zero-order chi connectivity index (χ0) is 23.4. The molecule has 2 heterocycles. The second-order valence-corrected chi connectivity index (χ2v) is 8.17. The van der Waals surface area contributed by atoms with Crippen LogP contribution >= 0.6 is 0 Å². The van der Waals surface area contributed by atoms with Gasteiger partial charge in [-0.1, -0.05) is 25.5 Å². The number of methoxy groups -OCH3 is 1. The third kappa shape index (κ3) is 4.67. The first-order valence-corrected chi connectivity index (χ1v) is 11.3. The topological polar surface area (TPSA) is 77.9 Å². The van der Waals surface area contributed by atoms with E-state index in [1.54, 1.807) is 13.4 Å². The van der Waals surface area contributed by atoms with Crippen molar-refractivity contribution in [2.24, 2.45) is 5.73 Å². The van der Waals surface area contributed by atoms with Gasteiger partial charge in [-0.25, -0.2) is 4.39 Å². The minimum absolute atomic E-state index is 0.0873. The highest BCUT2D eigenvalue weighted by atomic mass is 19.1. The van der Waals surface area contributed by atoms with Gasteiger partial charge in [-0.2, -0.15) is 0 Å². The summed E-state index contributed by atoms with van der Waals surface area (Å²) >= 11 is 0. The van der Waals surface area contributed by atoms with Crippen molar-refractivity contribution in [1.29, 1.82) is 0 Å². The number of furan rings is 1. The van der Waals surface area contributed by atoms with Crippen LogP contribution in [0.15, 0.2) is 46.7 Å². The van der Waals surface area contributed by atoms with Crippen LogP contribution in [0.25, 0.3) is 17.0 Å². The minimum atomic E-state index is -0.602. The number of amides is 1. The number of aryl methyl sites for hydroxylation is 1. The van der Waals surface area contributed by atoms with E-state index in [1.165, 1.54) is 12.1 Å². The molecule has 1 aromatic heterocycles. The number of rotatable bonds is 10. The number of hydrogen-bond donors (Lipinski definition) is 1. The number of fused-ring (bicyclic) bond motifs is 2. The highest BCUT2D eigenvalue weighted by Gasteiger charge is 2.23. The first-order valence-electron chi connectivity index (χ1n) is 11.3. The molecule has 0 unspecified atom stereocenters. The number of hydrogen-bond acceptors (Lipinski definition) is 5. The van der Waals surface area contributed by atoms with Gasteiger partial charge in [0, 0.05) is 24.0 Å². The molecule has 0 spiro atoms. The van der Waals surface area contributed by atoms with Gasteiger partial charge in [0.2, 0.25) is 5.91 Å². The van der Waals surface area contributed by atoms with Gasteiger partial charge in [-0.05, 0) is 49.1 Å². The number of nitrogens with two attached hydrogens (primary N) is 1. The Kier molecular flexibility index (Phi) is 6.87. The molecule has 7 heteroatoms. The van der Waals surface area contributed by atoms with Crippen molar-refractivity contribution < 1.29 is 23.1 Å². The van der Waals surface area contributed by atoms with Gasteiger partial charge < -0.3 is 24.5 Å². The molecule has 3 aromatic rings. The molecule has 0 radical (unpaired) electrons. The Labute approximate surface area is 192 Å². The maximum absolute atomic E-state index is 14.2. The van der Waals surface area contributed by atoms with E-state index in [0.717, 1.165) is 66.8 Å². The first-order chi connectivity index (χ1) is 16.0. The van der Waals surface area contributed by atoms with Crippen LogP contribution in [0, 0.1) is 5.82 Å². The van der Waals surface area contributed by atoms with Gasteiger partial charge in [-0.15, -0.1) is 0 Å². The van der Waals surface area contributed by atoms with Gasteiger partial charge >= 0.3 is 0 Å². The number of carbonyl (C=O) groups is 1. The number of nitrogens with zero attached hydrogens (tertiary/aromatic N) is 1. The van der Waals surface area contributed by atoms with E-state index in [9.17, 15) is 9.18 Å². The summed E-state index contributed by atoms with van der Waals surface area (Å²) in [5, 5.41) is 1.06. The van der Waals surface area contributed by atoms with Crippen LogP contribution in [-0.2, 0) is 6.42 Å². The van der Waals surface area contributed by atoms with E-state index in [4.69, 9.17) is 19.6 Å². The molecule has 1 amide bonds. The molecule has 0 aliphatic carbocycles. The molecule has 4 rings (SSSR count). The monoisotopic (exact) mass is 452 g/mol. The van der Waals surface area contributed by atoms with Gasteiger partial charge in [-0.3, -0.25) is 4.79 Å². The Balaban J connectivity index is 1.53. The molecule has 0 fully saturated rings. The second-order valence-electron chi connectivity index (χ2n) is 8.17. The SMILES string of the molecule is CCCCN(CCCc1coc2c(OC)cccc12)C1=Cc2c(C(N)=O)ccc(F)c2OC1. The maximum Gasteiger partial charge on any atom is 0.249 e. The number of benzene rings is 2. The summed E-state index contributed by atoms with van der Waals surface area (Å²) in [5.41, 5.74) is 9.01. The Morgan fingerprint density at radius 2 is 2.03 bits per heavy atom. The maximum atomic E-state index is 14.2. The molecule has 2 aromatic carbocycles. The summed E-state index contributed by atoms with van der Waals surface area (Å²) in [7, 11) is 1.64. The van der Waals surface area contributed by atoms with Crippen LogP contribution in [0.3, 0.4) is 0 Å². The lowest BCUT2D eigenvalue weighted by atomic mass is 10.0. The smallest absolute Gasteiger partial charge is 0.249 e. The fraction of sp³-hybridized carbons (Fsp3) is 0.346. The number of primary amides is 1. The standard InChI is InChI=1S/C26H29FN2O4/c1-3-4-12-29(13-6-7-17-15-32-25-19(17)8-5-9-23(25)31-2)18-14-21-20(26(28)30)10-11-22(27)24(21)33-16-18/h5,8-11,14-15H,3-4,6-7,12-13,16H2,1-2H3,(H2,28,30). The van der Waals surface area contributed by atoms with Crippen molar-refractivity contribution >= 4 is 23.0 Å². The van der Waals surface area contributed by atoms with Crippen LogP contribution in [0.4, 0.5) is 4.39 Å². The van der Waals surface area contributed by atoms with E-state index < -0.39 is 11.7 Å². The Bertz CT molecular complexity index is 1180. The molecule has 33 heavy (non-hydrogen) atoms. The summed E-state index contributed by atoms with van der Waals surface area (Å²) in [6, 6.07) is 8.52. The predicted molar refractivity (Wildman–Crippen MR) is 126 cm³/mol. The Hall–Kier alpha value is -3.48. The zero-order valence-electron chi connectivity index (χ0n) is 19.0. The normalized spacial score (nSPS) is 12.8. The van der Waals surface area contributed by atoms with Gasteiger partial charge in [0.15, 0.2) is 22.9 Å². The summed E-state index contributed by atoms with van der Waals surface area (Å²) < 4.78 is 31.1. The molecule has 1 aliphatic heterocycles. The molecule has 0 saturated carbocycles. The molecule has 0 saturated heterocycles. The summed E-state index contributed by atoms with van der Waals surface area (Å²) in [6.07, 6.45) is 7.44. The van der Waals surface area contributed by atoms with Crippen molar-refractivity contribution in [2.45, 2.75) is 32.6 Å². The highest BCUT2D eigenvalue weighted by molar-refractivity contribution is 5.98. The third-order valence-electron chi connectivity index (χ3n) is 6.01. The van der Waals surface area contributed by atoms with E-state index >= 15 is 0 Å². The number of para-hydroxylation sites is 1. The lowest BCUT2D eigenvalue weighted by molar-refractivity contribution is 0.0999. The summed E-state index contributed by atoms with van der Waals surface area (Å²) in [5.74, 6) is -0.282. The van der Waals surface area contributed by atoms with Crippen molar-refractivity contribution in [3.63, 3.8) is 0 Å². The van der Waals surface area contributed by atoms with Gasteiger partial charge in [0.25, 0.3) is 0 Å². The fourth-order valence-electron chi connectivity index (χ4n) is 4.26. The molecule has 6 nitrogen and oxygen atoms in total. The molecule has 1 aliphatic rings. The Morgan fingerprint density at radius 1 is 1.21 bits per heavy atom. The summed E-state index contributed by atoms with van der Waals surface area (Å²) in [6.45, 7) is 4.04. The van der Waals surface area contributed by atoms with E-state index in [0.29, 0.717) is 5.56 Å². The molecule has 2 N–H and O–H groups in total. The quantitative estimate of drug-likeness (QED) is 0.460.